The maximum Gasteiger partial charge on any atom is 0.0544 e. The van der Waals surface area contributed by atoms with Crippen LogP contribution in [0.25, 0.3) is 21.8 Å². The summed E-state index contributed by atoms with van der Waals surface area (Å²) in [5, 5.41) is 2.41. The van der Waals surface area contributed by atoms with Crippen molar-refractivity contribution in [3.8, 4) is 0 Å². The predicted molar refractivity (Wildman–Crippen MR) is 129 cm³/mol. The summed E-state index contributed by atoms with van der Waals surface area (Å²) in [5.41, 5.74) is 5.67. The Labute approximate surface area is 191 Å². The van der Waals surface area contributed by atoms with Crippen LogP contribution in [0, 0.1) is 0 Å². The lowest BCUT2D eigenvalue weighted by atomic mass is 10.2. The largest absolute Gasteiger partial charge is 0.356 e. The molecule has 4 nitrogen and oxygen atoms in total. The number of rotatable bonds is 6. The van der Waals surface area contributed by atoms with Gasteiger partial charge in [-0.25, -0.2) is 0 Å². The Bertz CT molecular complexity index is 1230. The lowest BCUT2D eigenvalue weighted by Crippen LogP contribution is -2.23. The molecule has 0 radical (unpaired) electrons. The van der Waals surface area contributed by atoms with E-state index in [4.69, 9.17) is 0 Å². The van der Waals surface area contributed by atoms with Crippen molar-refractivity contribution in [1.82, 2.24) is 19.9 Å². The molecule has 6 heteroatoms. The van der Waals surface area contributed by atoms with Crippen LogP contribution in [0.15, 0.2) is 81.9 Å². The smallest absolute Gasteiger partial charge is 0.0544 e. The number of nitrogens with zero attached hydrogens (tertiary/aromatic N) is 2. The molecule has 0 unspecified atom stereocenters. The minimum atomic E-state index is 0.754. The number of para-hydroxylation sites is 2. The second-order valence-corrected chi connectivity index (χ2v) is 8.98. The van der Waals surface area contributed by atoms with Crippen LogP contribution in [0.5, 0.6) is 0 Å². The number of fused-ring (bicyclic) bond motifs is 2. The zero-order valence-corrected chi connectivity index (χ0v) is 19.4. The van der Waals surface area contributed by atoms with Crippen molar-refractivity contribution in [2.75, 3.05) is 0 Å². The molecule has 0 aliphatic rings. The number of hydrogen-bond donors (Lipinski definition) is 2. The molecule has 0 atom stereocenters. The van der Waals surface area contributed by atoms with E-state index in [1.807, 2.05) is 18.3 Å². The Morgan fingerprint density at radius 1 is 0.667 bits per heavy atom. The van der Waals surface area contributed by atoms with Crippen LogP contribution < -0.4 is 0 Å². The Morgan fingerprint density at radius 2 is 1.20 bits per heavy atom. The summed E-state index contributed by atoms with van der Waals surface area (Å²) in [4.78, 5) is 14.1. The standard InChI is InChI=1S/C24H20Br2N4/c25-23-17-8-1-3-10-19(17)28-21(23)14-30(13-16-7-5-6-12-27-16)15-22-24(26)18-9-2-4-11-20(18)29-22/h1-12,28-29H,13-15H2. The fourth-order valence-corrected chi connectivity index (χ4v) is 5.02. The van der Waals surface area contributed by atoms with E-state index in [0.717, 1.165) is 45.3 Å². The van der Waals surface area contributed by atoms with Gasteiger partial charge < -0.3 is 9.97 Å². The average Bonchev–Trinajstić information content (AvgIpc) is 3.26. The first-order chi connectivity index (χ1) is 14.7. The number of nitrogens with one attached hydrogen (secondary N) is 2. The van der Waals surface area contributed by atoms with Crippen molar-refractivity contribution < 1.29 is 0 Å². The molecule has 0 saturated heterocycles. The predicted octanol–water partition coefficient (Wildman–Crippen LogP) is 6.77. The zero-order valence-electron chi connectivity index (χ0n) is 16.2. The van der Waals surface area contributed by atoms with Gasteiger partial charge in [0, 0.05) is 68.0 Å². The third kappa shape index (κ3) is 3.83. The lowest BCUT2D eigenvalue weighted by molar-refractivity contribution is 0.239. The van der Waals surface area contributed by atoms with Crippen LogP contribution in [-0.4, -0.2) is 19.9 Å². The van der Waals surface area contributed by atoms with Crippen LogP contribution in [0.2, 0.25) is 0 Å². The van der Waals surface area contributed by atoms with Gasteiger partial charge in [0.2, 0.25) is 0 Å². The first-order valence-electron chi connectivity index (χ1n) is 9.81. The van der Waals surface area contributed by atoms with Crippen molar-refractivity contribution in [2.24, 2.45) is 0 Å². The molecule has 150 valence electrons. The van der Waals surface area contributed by atoms with Gasteiger partial charge in [-0.3, -0.25) is 9.88 Å². The molecule has 0 amide bonds. The fraction of sp³-hybridized carbons (Fsp3) is 0.125. The number of halogens is 2. The van der Waals surface area contributed by atoms with E-state index in [9.17, 15) is 0 Å². The summed E-state index contributed by atoms with van der Waals surface area (Å²) >= 11 is 7.61. The molecule has 0 spiro atoms. The van der Waals surface area contributed by atoms with Gasteiger partial charge in [0.05, 0.1) is 5.69 Å². The van der Waals surface area contributed by atoms with Gasteiger partial charge in [0.25, 0.3) is 0 Å². The minimum Gasteiger partial charge on any atom is -0.356 e. The molecule has 0 fully saturated rings. The first-order valence-corrected chi connectivity index (χ1v) is 11.4. The van der Waals surface area contributed by atoms with Gasteiger partial charge in [-0.05, 0) is 56.1 Å². The van der Waals surface area contributed by atoms with Gasteiger partial charge in [-0.1, -0.05) is 42.5 Å². The van der Waals surface area contributed by atoms with Gasteiger partial charge in [-0.2, -0.15) is 0 Å². The van der Waals surface area contributed by atoms with Crippen LogP contribution in [0.4, 0.5) is 0 Å². The molecule has 5 rings (SSSR count). The van der Waals surface area contributed by atoms with E-state index < -0.39 is 0 Å². The Hall–Kier alpha value is -2.41. The van der Waals surface area contributed by atoms with E-state index in [2.05, 4.69) is 106 Å². The molecule has 0 aliphatic heterocycles. The summed E-state index contributed by atoms with van der Waals surface area (Å²) in [6.45, 7) is 2.30. The highest BCUT2D eigenvalue weighted by Gasteiger charge is 2.17. The maximum absolute atomic E-state index is 4.55. The van der Waals surface area contributed by atoms with Gasteiger partial charge in [0.1, 0.15) is 0 Å². The summed E-state index contributed by atoms with van der Waals surface area (Å²) < 4.78 is 2.25. The topological polar surface area (TPSA) is 47.7 Å². The van der Waals surface area contributed by atoms with Crippen LogP contribution in [-0.2, 0) is 19.6 Å². The molecule has 3 heterocycles. The molecule has 5 aromatic rings. The van der Waals surface area contributed by atoms with Gasteiger partial charge in [0.15, 0.2) is 0 Å². The molecule has 0 bridgehead atoms. The van der Waals surface area contributed by atoms with Crippen LogP contribution in [0.3, 0.4) is 0 Å². The van der Waals surface area contributed by atoms with Crippen LogP contribution >= 0.6 is 31.9 Å². The number of H-pyrrole nitrogens is 2. The monoisotopic (exact) mass is 522 g/mol. The maximum atomic E-state index is 4.55. The van der Waals surface area contributed by atoms with Crippen molar-refractivity contribution in [3.05, 3.63) is 99.0 Å². The van der Waals surface area contributed by atoms with Crippen molar-refractivity contribution >= 4 is 53.7 Å². The zero-order chi connectivity index (χ0) is 20.5. The third-order valence-corrected chi connectivity index (χ3v) is 7.11. The summed E-state index contributed by atoms with van der Waals surface area (Å²) in [6.07, 6.45) is 1.85. The average molecular weight is 524 g/mol. The van der Waals surface area contributed by atoms with E-state index in [1.54, 1.807) is 0 Å². The minimum absolute atomic E-state index is 0.754. The van der Waals surface area contributed by atoms with Crippen molar-refractivity contribution in [2.45, 2.75) is 19.6 Å². The molecule has 30 heavy (non-hydrogen) atoms. The van der Waals surface area contributed by atoms with Crippen molar-refractivity contribution in [1.29, 1.82) is 0 Å². The van der Waals surface area contributed by atoms with Gasteiger partial charge in [-0.15, -0.1) is 0 Å². The number of hydrogen-bond acceptors (Lipinski definition) is 2. The summed E-state index contributed by atoms with van der Waals surface area (Å²) in [6, 6.07) is 22.8. The van der Waals surface area contributed by atoms with E-state index in [1.165, 1.54) is 22.2 Å². The summed E-state index contributed by atoms with van der Waals surface area (Å²) in [5.74, 6) is 0. The molecule has 2 N–H and O–H groups in total. The Morgan fingerprint density at radius 3 is 1.70 bits per heavy atom. The van der Waals surface area contributed by atoms with Gasteiger partial charge >= 0.3 is 0 Å². The normalized spacial score (nSPS) is 11.7. The van der Waals surface area contributed by atoms with E-state index >= 15 is 0 Å². The second-order valence-electron chi connectivity index (χ2n) is 7.39. The molecule has 2 aromatic carbocycles. The molecule has 3 aromatic heterocycles. The highest BCUT2D eigenvalue weighted by Crippen LogP contribution is 2.31. The quantitative estimate of drug-likeness (QED) is 0.258. The number of benzene rings is 2. The highest BCUT2D eigenvalue weighted by atomic mass is 79.9. The summed E-state index contributed by atoms with van der Waals surface area (Å²) in [7, 11) is 0. The van der Waals surface area contributed by atoms with E-state index in [-0.39, 0.29) is 0 Å². The first kappa shape index (κ1) is 19.5. The molecular formula is C24H20Br2N4. The van der Waals surface area contributed by atoms with Crippen LogP contribution in [0.1, 0.15) is 17.1 Å². The Balaban J connectivity index is 1.49. The molecule has 0 saturated carbocycles. The number of aromatic nitrogens is 3. The second kappa shape index (κ2) is 8.38. The Kier molecular flexibility index (Phi) is 5.46. The highest BCUT2D eigenvalue weighted by molar-refractivity contribution is 9.11. The number of aromatic amines is 2. The van der Waals surface area contributed by atoms with E-state index in [0.29, 0.717) is 0 Å². The number of pyridine rings is 1. The van der Waals surface area contributed by atoms with Crippen molar-refractivity contribution in [3.63, 3.8) is 0 Å². The fourth-order valence-electron chi connectivity index (χ4n) is 3.88. The SMILES string of the molecule is Brc1c(CN(Cc2ccccn2)Cc2[nH]c3ccccc3c2Br)[nH]c2ccccc12. The third-order valence-electron chi connectivity index (χ3n) is 5.30. The molecular weight excluding hydrogens is 504 g/mol. The molecule has 0 aliphatic carbocycles. The lowest BCUT2D eigenvalue weighted by Gasteiger charge is -2.21.